The molecule has 0 bridgehead atoms. The van der Waals surface area contributed by atoms with E-state index in [0.29, 0.717) is 6.20 Å². The van der Waals surface area contributed by atoms with Crippen LogP contribution in [-0.2, 0) is 17.5 Å². The number of nitrogens with zero attached hydrogens (tertiary/aromatic N) is 5. The molecule has 106 valence electrons. The minimum absolute atomic E-state index is 0.000366. The van der Waals surface area contributed by atoms with E-state index in [9.17, 15) is 18.0 Å². The number of aromatic nitrogens is 5. The molecular weight excluding hydrogens is 279 g/mol. The molecule has 0 unspecified atom stereocenters. The molecular formula is C10H8F3N5O2. The second-order valence-corrected chi connectivity index (χ2v) is 3.80. The van der Waals surface area contributed by atoms with Crippen molar-refractivity contribution in [2.45, 2.75) is 19.1 Å². The predicted octanol–water partition coefficient (Wildman–Crippen LogP) is 1.23. The molecule has 0 aliphatic carbocycles. The van der Waals surface area contributed by atoms with Crippen LogP contribution in [0.25, 0.3) is 11.5 Å². The van der Waals surface area contributed by atoms with Crippen LogP contribution in [-0.4, -0.2) is 36.3 Å². The fourth-order valence-electron chi connectivity index (χ4n) is 1.43. The van der Waals surface area contributed by atoms with E-state index in [1.54, 1.807) is 0 Å². The molecule has 0 amide bonds. The molecule has 0 aliphatic heterocycles. The molecule has 2 rings (SSSR count). The molecule has 0 aromatic carbocycles. The summed E-state index contributed by atoms with van der Waals surface area (Å²) in [6.07, 6.45) is -4.01. The number of halogens is 3. The van der Waals surface area contributed by atoms with E-state index < -0.39 is 17.7 Å². The van der Waals surface area contributed by atoms with Crippen LogP contribution >= 0.6 is 0 Å². The SMILES string of the molecule is O=C(O)CCn1nnnc1-c1ccc(C(F)(F)F)cn1. The Kier molecular flexibility index (Phi) is 3.63. The highest BCUT2D eigenvalue weighted by Crippen LogP contribution is 2.29. The lowest BCUT2D eigenvalue weighted by Gasteiger charge is -2.06. The molecule has 2 aromatic heterocycles. The van der Waals surface area contributed by atoms with E-state index in [-0.39, 0.29) is 24.5 Å². The smallest absolute Gasteiger partial charge is 0.417 e. The third-order valence-electron chi connectivity index (χ3n) is 2.39. The Bertz CT molecular complexity index is 608. The van der Waals surface area contributed by atoms with E-state index in [4.69, 9.17) is 5.11 Å². The molecule has 7 nitrogen and oxygen atoms in total. The summed E-state index contributed by atoms with van der Waals surface area (Å²) in [5.41, 5.74) is -0.751. The summed E-state index contributed by atoms with van der Waals surface area (Å²) in [5.74, 6) is -0.924. The normalized spacial score (nSPS) is 11.6. The Balaban J connectivity index is 2.24. The molecule has 0 spiro atoms. The van der Waals surface area contributed by atoms with Crippen molar-refractivity contribution in [1.29, 1.82) is 0 Å². The van der Waals surface area contributed by atoms with Gasteiger partial charge in [-0.3, -0.25) is 9.78 Å². The molecule has 2 heterocycles. The van der Waals surface area contributed by atoms with E-state index in [1.807, 2.05) is 0 Å². The molecule has 20 heavy (non-hydrogen) atoms. The van der Waals surface area contributed by atoms with E-state index >= 15 is 0 Å². The van der Waals surface area contributed by atoms with Crippen molar-refractivity contribution in [1.82, 2.24) is 25.2 Å². The number of carboxylic acid groups (broad SMARTS) is 1. The molecule has 0 atom stereocenters. The highest BCUT2D eigenvalue weighted by molar-refractivity contribution is 5.66. The second-order valence-electron chi connectivity index (χ2n) is 3.80. The lowest BCUT2D eigenvalue weighted by Crippen LogP contribution is -2.09. The standard InChI is InChI=1S/C10H8F3N5O2/c11-10(12,13)6-1-2-7(14-5-6)9-15-16-17-18(9)4-3-8(19)20/h1-2,5H,3-4H2,(H,19,20). The summed E-state index contributed by atoms with van der Waals surface area (Å²) in [6, 6.07) is 1.99. The van der Waals surface area contributed by atoms with E-state index in [1.165, 1.54) is 4.68 Å². The maximum Gasteiger partial charge on any atom is 0.417 e. The van der Waals surface area contributed by atoms with Gasteiger partial charge in [-0.15, -0.1) is 5.10 Å². The number of alkyl halides is 3. The van der Waals surface area contributed by atoms with Crippen molar-refractivity contribution in [3.8, 4) is 11.5 Å². The van der Waals surface area contributed by atoms with Crippen molar-refractivity contribution >= 4 is 5.97 Å². The Morgan fingerprint density at radius 1 is 1.35 bits per heavy atom. The first-order valence-electron chi connectivity index (χ1n) is 5.39. The number of tetrazole rings is 1. The van der Waals surface area contributed by atoms with Gasteiger partial charge in [-0.1, -0.05) is 0 Å². The monoisotopic (exact) mass is 287 g/mol. The fourth-order valence-corrected chi connectivity index (χ4v) is 1.43. The van der Waals surface area contributed by atoms with Gasteiger partial charge in [0.05, 0.1) is 18.5 Å². The molecule has 1 N–H and O–H groups in total. The van der Waals surface area contributed by atoms with Crippen LogP contribution < -0.4 is 0 Å². The van der Waals surface area contributed by atoms with E-state index in [0.717, 1.165) is 12.1 Å². The maximum atomic E-state index is 12.4. The minimum atomic E-state index is -4.47. The number of pyridine rings is 1. The first-order chi connectivity index (χ1) is 9.38. The van der Waals surface area contributed by atoms with Crippen LogP contribution in [0.5, 0.6) is 0 Å². The van der Waals surface area contributed by atoms with Crippen LogP contribution in [0.4, 0.5) is 13.2 Å². The average Bonchev–Trinajstić information content (AvgIpc) is 2.83. The lowest BCUT2D eigenvalue weighted by atomic mass is 10.2. The van der Waals surface area contributed by atoms with Crippen LogP contribution in [0.1, 0.15) is 12.0 Å². The van der Waals surface area contributed by atoms with Crippen LogP contribution in [0.3, 0.4) is 0 Å². The Morgan fingerprint density at radius 3 is 2.65 bits per heavy atom. The highest BCUT2D eigenvalue weighted by atomic mass is 19.4. The number of aryl methyl sites for hydroxylation is 1. The third kappa shape index (κ3) is 3.08. The number of carboxylic acids is 1. The largest absolute Gasteiger partial charge is 0.481 e. The Hall–Kier alpha value is -2.52. The van der Waals surface area contributed by atoms with Crippen molar-refractivity contribution in [3.63, 3.8) is 0 Å². The van der Waals surface area contributed by atoms with Crippen molar-refractivity contribution < 1.29 is 23.1 Å². The van der Waals surface area contributed by atoms with Gasteiger partial charge in [0.15, 0.2) is 0 Å². The Labute approximate surface area is 110 Å². The zero-order chi connectivity index (χ0) is 14.8. The quantitative estimate of drug-likeness (QED) is 0.909. The number of rotatable bonds is 4. The van der Waals surface area contributed by atoms with Gasteiger partial charge < -0.3 is 5.11 Å². The van der Waals surface area contributed by atoms with Gasteiger partial charge >= 0.3 is 12.1 Å². The molecule has 0 saturated heterocycles. The fraction of sp³-hybridized carbons (Fsp3) is 0.300. The highest BCUT2D eigenvalue weighted by Gasteiger charge is 2.30. The van der Waals surface area contributed by atoms with Gasteiger partial charge in [0.2, 0.25) is 5.82 Å². The number of hydrogen-bond acceptors (Lipinski definition) is 5. The second kappa shape index (κ2) is 5.23. The average molecular weight is 287 g/mol. The first kappa shape index (κ1) is 13.9. The van der Waals surface area contributed by atoms with Gasteiger partial charge in [0.1, 0.15) is 5.69 Å². The zero-order valence-electron chi connectivity index (χ0n) is 9.87. The summed E-state index contributed by atoms with van der Waals surface area (Å²) >= 11 is 0. The van der Waals surface area contributed by atoms with Crippen LogP contribution in [0.15, 0.2) is 18.3 Å². The first-order valence-corrected chi connectivity index (χ1v) is 5.39. The summed E-state index contributed by atoms with van der Waals surface area (Å²) in [7, 11) is 0. The lowest BCUT2D eigenvalue weighted by molar-refractivity contribution is -0.138. The molecule has 0 radical (unpaired) electrons. The molecule has 2 aromatic rings. The number of aliphatic carboxylic acids is 1. The van der Waals surface area contributed by atoms with Gasteiger partial charge in [-0.2, -0.15) is 13.2 Å². The van der Waals surface area contributed by atoms with Crippen molar-refractivity contribution in [2.75, 3.05) is 0 Å². The van der Waals surface area contributed by atoms with Gasteiger partial charge in [-0.25, -0.2) is 4.68 Å². The Morgan fingerprint density at radius 2 is 2.10 bits per heavy atom. The summed E-state index contributed by atoms with van der Waals surface area (Å²) < 4.78 is 38.4. The van der Waals surface area contributed by atoms with Gasteiger partial charge in [0, 0.05) is 6.20 Å². The number of hydrogen-bond donors (Lipinski definition) is 1. The third-order valence-corrected chi connectivity index (χ3v) is 2.39. The zero-order valence-corrected chi connectivity index (χ0v) is 9.87. The molecule has 0 saturated carbocycles. The topological polar surface area (TPSA) is 93.8 Å². The van der Waals surface area contributed by atoms with Crippen molar-refractivity contribution in [3.05, 3.63) is 23.9 Å². The maximum absolute atomic E-state index is 12.4. The van der Waals surface area contributed by atoms with E-state index in [2.05, 4.69) is 20.5 Å². The summed E-state index contributed by atoms with van der Waals surface area (Å²) in [4.78, 5) is 14.1. The van der Waals surface area contributed by atoms with Gasteiger partial charge in [-0.05, 0) is 22.6 Å². The van der Waals surface area contributed by atoms with Crippen LogP contribution in [0, 0.1) is 0 Å². The van der Waals surface area contributed by atoms with Crippen molar-refractivity contribution in [2.24, 2.45) is 0 Å². The number of carbonyl (C=O) groups is 1. The summed E-state index contributed by atoms with van der Waals surface area (Å²) in [6.45, 7) is 0.000366. The van der Waals surface area contributed by atoms with Crippen LogP contribution in [0.2, 0.25) is 0 Å². The molecule has 0 aliphatic rings. The van der Waals surface area contributed by atoms with Gasteiger partial charge in [0.25, 0.3) is 0 Å². The molecule has 10 heteroatoms. The summed E-state index contributed by atoms with van der Waals surface area (Å²) in [5, 5.41) is 19.1. The minimum Gasteiger partial charge on any atom is -0.481 e. The predicted molar refractivity (Wildman–Crippen MR) is 58.3 cm³/mol. The molecule has 0 fully saturated rings.